The first-order valence-corrected chi connectivity index (χ1v) is 14.3. The van der Waals surface area contributed by atoms with E-state index >= 15 is 0 Å². The number of hydrogen-bond donors (Lipinski definition) is 2. The molecule has 0 unspecified atom stereocenters. The van der Waals surface area contributed by atoms with Crippen LogP contribution in [-0.4, -0.2) is 75.0 Å². The van der Waals surface area contributed by atoms with Crippen LogP contribution >= 0.6 is 0 Å². The minimum atomic E-state index is -4.22. The number of ether oxygens (including phenoxy) is 1. The number of sulfonamides is 1. The van der Waals surface area contributed by atoms with E-state index in [9.17, 15) is 18.0 Å². The molecule has 200 valence electrons. The summed E-state index contributed by atoms with van der Waals surface area (Å²) in [4.78, 5) is 28.3. The second-order valence-corrected chi connectivity index (χ2v) is 11.4. The Kier molecular flexibility index (Phi) is 7.64. The molecule has 0 radical (unpaired) electrons. The molecule has 0 aliphatic carbocycles. The molecule has 2 saturated heterocycles. The number of carbonyl (C=O) groups excluding carboxylic acids is 2. The van der Waals surface area contributed by atoms with Crippen molar-refractivity contribution in [1.82, 2.24) is 14.5 Å². The summed E-state index contributed by atoms with van der Waals surface area (Å²) in [6.07, 6.45) is 1.08. The number of amides is 3. The van der Waals surface area contributed by atoms with E-state index in [1.165, 1.54) is 6.07 Å². The van der Waals surface area contributed by atoms with Gasteiger partial charge in [-0.25, -0.2) is 17.5 Å². The van der Waals surface area contributed by atoms with Gasteiger partial charge in [0.15, 0.2) is 0 Å². The second-order valence-electron chi connectivity index (χ2n) is 9.59. The standard InChI is InChI=1S/C28H32N4O5S/c1-20-6-2-3-7-22(20)27(33)30-25-10-11-26(24-9-5-4-8-23(24)25)38(35,36)32(21-12-14-29-15-13-21)28(34)31-16-18-37-19-17-31/h2-11,21,29H,12-19H2,1H3,(H,30,33). The van der Waals surface area contributed by atoms with Crippen molar-refractivity contribution in [3.05, 3.63) is 71.8 Å². The maximum Gasteiger partial charge on any atom is 0.334 e. The molecule has 9 nitrogen and oxygen atoms in total. The fourth-order valence-electron chi connectivity index (χ4n) is 5.12. The van der Waals surface area contributed by atoms with E-state index in [0.29, 0.717) is 74.3 Å². The number of nitrogens with one attached hydrogen (secondary N) is 2. The van der Waals surface area contributed by atoms with E-state index in [2.05, 4.69) is 10.6 Å². The van der Waals surface area contributed by atoms with E-state index in [4.69, 9.17) is 4.74 Å². The first-order chi connectivity index (χ1) is 18.4. The molecule has 3 aromatic rings. The van der Waals surface area contributed by atoms with Crippen LogP contribution in [0.3, 0.4) is 0 Å². The summed E-state index contributed by atoms with van der Waals surface area (Å²) in [5.41, 5.74) is 1.88. The van der Waals surface area contributed by atoms with Crippen LogP contribution in [0.15, 0.2) is 65.6 Å². The minimum Gasteiger partial charge on any atom is -0.378 e. The highest BCUT2D eigenvalue weighted by Gasteiger charge is 2.40. The molecule has 0 spiro atoms. The molecule has 0 aromatic heterocycles. The first-order valence-electron chi connectivity index (χ1n) is 12.9. The minimum absolute atomic E-state index is 0.0436. The summed E-state index contributed by atoms with van der Waals surface area (Å²) in [6, 6.07) is 16.5. The average Bonchev–Trinajstić information content (AvgIpc) is 2.94. The van der Waals surface area contributed by atoms with Gasteiger partial charge >= 0.3 is 6.03 Å². The number of urea groups is 1. The zero-order chi connectivity index (χ0) is 26.7. The van der Waals surface area contributed by atoms with Crippen LogP contribution in [0.1, 0.15) is 28.8 Å². The van der Waals surface area contributed by atoms with Gasteiger partial charge in [0.05, 0.1) is 24.2 Å². The van der Waals surface area contributed by atoms with Gasteiger partial charge < -0.3 is 20.3 Å². The third-order valence-electron chi connectivity index (χ3n) is 7.17. The summed E-state index contributed by atoms with van der Waals surface area (Å²) in [5.74, 6) is -0.275. The average molecular weight is 537 g/mol. The summed E-state index contributed by atoms with van der Waals surface area (Å²) in [5, 5.41) is 7.22. The molecule has 2 aliphatic rings. The molecule has 38 heavy (non-hydrogen) atoms. The monoisotopic (exact) mass is 536 g/mol. The lowest BCUT2D eigenvalue weighted by atomic mass is 10.1. The number of hydrogen-bond acceptors (Lipinski definition) is 6. The number of carbonyl (C=O) groups is 2. The zero-order valence-corrected chi connectivity index (χ0v) is 22.2. The molecular formula is C28H32N4O5S. The van der Waals surface area contributed by atoms with Crippen molar-refractivity contribution in [3.8, 4) is 0 Å². The van der Waals surface area contributed by atoms with E-state index in [-0.39, 0.29) is 10.8 Å². The Bertz CT molecular complexity index is 1450. The molecule has 3 amide bonds. The van der Waals surface area contributed by atoms with Gasteiger partial charge in [-0.15, -0.1) is 0 Å². The fraction of sp³-hybridized carbons (Fsp3) is 0.357. The van der Waals surface area contributed by atoms with E-state index in [1.807, 2.05) is 19.1 Å². The second kappa shape index (κ2) is 11.1. The van der Waals surface area contributed by atoms with Gasteiger partial charge in [-0.3, -0.25) is 4.79 Å². The SMILES string of the molecule is Cc1ccccc1C(=O)Nc1ccc(S(=O)(=O)N(C(=O)N2CCOCC2)C2CCNCC2)c2ccccc12. The molecule has 0 atom stereocenters. The summed E-state index contributed by atoms with van der Waals surface area (Å²) in [6.45, 7) is 4.59. The Morgan fingerprint density at radius 3 is 2.32 bits per heavy atom. The van der Waals surface area contributed by atoms with Crippen molar-refractivity contribution in [2.45, 2.75) is 30.7 Å². The van der Waals surface area contributed by atoms with Gasteiger partial charge in [0, 0.05) is 35.1 Å². The molecule has 5 rings (SSSR count). The van der Waals surface area contributed by atoms with E-state index in [0.717, 1.165) is 9.87 Å². The van der Waals surface area contributed by atoms with Crippen LogP contribution in [0.25, 0.3) is 10.8 Å². The van der Waals surface area contributed by atoms with Crippen molar-refractivity contribution in [2.75, 3.05) is 44.7 Å². The third-order valence-corrected chi connectivity index (χ3v) is 9.05. The van der Waals surface area contributed by atoms with Crippen LogP contribution in [0, 0.1) is 6.92 Å². The molecule has 2 heterocycles. The number of anilines is 1. The number of rotatable bonds is 5. The molecule has 10 heteroatoms. The number of fused-ring (bicyclic) bond motifs is 1. The van der Waals surface area contributed by atoms with Gasteiger partial charge in [-0.1, -0.05) is 42.5 Å². The highest BCUT2D eigenvalue weighted by atomic mass is 32.2. The number of aryl methyl sites for hydroxylation is 1. The van der Waals surface area contributed by atoms with Crippen LogP contribution in [-0.2, 0) is 14.8 Å². The fourth-order valence-corrected chi connectivity index (χ4v) is 6.95. The van der Waals surface area contributed by atoms with Crippen LogP contribution in [0.2, 0.25) is 0 Å². The normalized spacial score (nSPS) is 16.8. The molecule has 2 fully saturated rings. The highest BCUT2D eigenvalue weighted by Crippen LogP contribution is 2.34. The third kappa shape index (κ3) is 5.11. The number of nitrogens with zero attached hydrogens (tertiary/aromatic N) is 2. The largest absolute Gasteiger partial charge is 0.378 e. The first kappa shape index (κ1) is 26.1. The lowest BCUT2D eigenvalue weighted by Crippen LogP contribution is -2.55. The van der Waals surface area contributed by atoms with Gasteiger partial charge in [-0.05, 0) is 56.6 Å². The Balaban J connectivity index is 1.55. The summed E-state index contributed by atoms with van der Waals surface area (Å²) < 4.78 is 35.0. The predicted molar refractivity (Wildman–Crippen MR) is 146 cm³/mol. The van der Waals surface area contributed by atoms with Gasteiger partial charge in [0.2, 0.25) is 0 Å². The van der Waals surface area contributed by atoms with Crippen molar-refractivity contribution < 1.29 is 22.7 Å². The molecule has 3 aromatic carbocycles. The van der Waals surface area contributed by atoms with Crippen molar-refractivity contribution in [1.29, 1.82) is 0 Å². The Morgan fingerprint density at radius 2 is 1.61 bits per heavy atom. The molecule has 2 N–H and O–H groups in total. The summed E-state index contributed by atoms with van der Waals surface area (Å²) >= 11 is 0. The molecular weight excluding hydrogens is 504 g/mol. The predicted octanol–water partition coefficient (Wildman–Crippen LogP) is 3.60. The van der Waals surface area contributed by atoms with Crippen molar-refractivity contribution >= 4 is 38.4 Å². The maximum absolute atomic E-state index is 14.3. The quantitative estimate of drug-likeness (QED) is 0.516. The van der Waals surface area contributed by atoms with Gasteiger partial charge in [-0.2, -0.15) is 0 Å². The van der Waals surface area contributed by atoms with Crippen LogP contribution in [0.5, 0.6) is 0 Å². The topological polar surface area (TPSA) is 108 Å². The van der Waals surface area contributed by atoms with E-state index < -0.39 is 22.1 Å². The number of piperidine rings is 1. The number of morpholine rings is 1. The lowest BCUT2D eigenvalue weighted by Gasteiger charge is -2.38. The van der Waals surface area contributed by atoms with Gasteiger partial charge in [0.25, 0.3) is 15.9 Å². The van der Waals surface area contributed by atoms with E-state index in [1.54, 1.807) is 47.4 Å². The van der Waals surface area contributed by atoms with Crippen LogP contribution < -0.4 is 10.6 Å². The molecule has 2 aliphatic heterocycles. The maximum atomic E-state index is 14.3. The Labute approximate surface area is 222 Å². The molecule has 0 bridgehead atoms. The van der Waals surface area contributed by atoms with Gasteiger partial charge in [0.1, 0.15) is 0 Å². The van der Waals surface area contributed by atoms with Crippen LogP contribution in [0.4, 0.5) is 10.5 Å². The van der Waals surface area contributed by atoms with Crippen molar-refractivity contribution in [2.24, 2.45) is 0 Å². The smallest absolute Gasteiger partial charge is 0.334 e. The Morgan fingerprint density at radius 1 is 0.947 bits per heavy atom. The molecule has 0 saturated carbocycles. The zero-order valence-electron chi connectivity index (χ0n) is 21.4. The summed E-state index contributed by atoms with van der Waals surface area (Å²) in [7, 11) is -4.22. The lowest BCUT2D eigenvalue weighted by molar-refractivity contribution is 0.0459. The van der Waals surface area contributed by atoms with Crippen molar-refractivity contribution in [3.63, 3.8) is 0 Å². The Hall–Kier alpha value is -3.47. The highest BCUT2D eigenvalue weighted by molar-refractivity contribution is 7.90. The number of benzene rings is 3.